The lowest BCUT2D eigenvalue weighted by Gasteiger charge is -2.10. The van der Waals surface area contributed by atoms with E-state index in [0.29, 0.717) is 6.61 Å². The number of rotatable bonds is 4. The molecule has 0 unspecified atom stereocenters. The van der Waals surface area contributed by atoms with Crippen LogP contribution in [0, 0.1) is 5.82 Å². The van der Waals surface area contributed by atoms with E-state index in [1.165, 1.54) is 6.07 Å². The van der Waals surface area contributed by atoms with Gasteiger partial charge in [-0.1, -0.05) is 36.4 Å². The molecule has 0 heterocycles. The Hall–Kier alpha value is -1.87. The lowest BCUT2D eigenvalue weighted by Crippen LogP contribution is -2.06. The summed E-state index contributed by atoms with van der Waals surface area (Å²) in [5.74, 6) is -0.121. The van der Waals surface area contributed by atoms with Crippen molar-refractivity contribution in [3.63, 3.8) is 0 Å². The molecule has 0 spiro atoms. The van der Waals surface area contributed by atoms with Crippen molar-refractivity contribution in [1.82, 2.24) is 0 Å². The first-order valence-corrected chi connectivity index (χ1v) is 5.88. The van der Waals surface area contributed by atoms with Crippen LogP contribution in [0.25, 0.3) is 0 Å². The molecule has 2 N–H and O–H groups in total. The summed E-state index contributed by atoms with van der Waals surface area (Å²) in [5, 5.41) is 0. The molecule has 0 aliphatic carbocycles. The molecule has 0 bridgehead atoms. The van der Waals surface area contributed by atoms with Crippen LogP contribution in [0.5, 0.6) is 5.75 Å². The van der Waals surface area contributed by atoms with Crippen LogP contribution in [0.4, 0.5) is 4.39 Å². The highest BCUT2D eigenvalue weighted by atomic mass is 19.1. The largest absolute Gasteiger partial charge is 0.486 e. The van der Waals surface area contributed by atoms with Gasteiger partial charge in [-0.25, -0.2) is 4.39 Å². The summed E-state index contributed by atoms with van der Waals surface area (Å²) < 4.78 is 19.2. The normalized spacial score (nSPS) is 12.2. The van der Waals surface area contributed by atoms with E-state index in [9.17, 15) is 4.39 Å². The number of hydrogen-bond donors (Lipinski definition) is 1. The first-order valence-electron chi connectivity index (χ1n) is 5.88. The highest BCUT2D eigenvalue weighted by Crippen LogP contribution is 2.22. The molecule has 18 heavy (non-hydrogen) atoms. The molecule has 0 aromatic heterocycles. The minimum absolute atomic E-state index is 0.178. The van der Waals surface area contributed by atoms with Crippen LogP contribution in [0.3, 0.4) is 0 Å². The Balaban J connectivity index is 2.06. The average Bonchev–Trinajstić information content (AvgIpc) is 2.38. The fraction of sp³-hybridized carbons (Fsp3) is 0.200. The van der Waals surface area contributed by atoms with Gasteiger partial charge in [0.25, 0.3) is 0 Å². The zero-order valence-electron chi connectivity index (χ0n) is 10.3. The molecule has 2 rings (SSSR count). The zero-order valence-corrected chi connectivity index (χ0v) is 10.3. The molecule has 0 aliphatic heterocycles. The molecule has 1 atom stereocenters. The van der Waals surface area contributed by atoms with Gasteiger partial charge in [-0.2, -0.15) is 0 Å². The second-order valence-electron chi connectivity index (χ2n) is 4.25. The van der Waals surface area contributed by atoms with Gasteiger partial charge >= 0.3 is 0 Å². The molecule has 2 aromatic rings. The number of hydrogen-bond acceptors (Lipinski definition) is 2. The van der Waals surface area contributed by atoms with Gasteiger partial charge in [0.15, 0.2) is 11.6 Å². The molecule has 2 nitrogen and oxygen atoms in total. The van der Waals surface area contributed by atoms with Crippen molar-refractivity contribution in [2.45, 2.75) is 19.6 Å². The Kier molecular flexibility index (Phi) is 3.95. The van der Waals surface area contributed by atoms with E-state index < -0.39 is 0 Å². The van der Waals surface area contributed by atoms with E-state index in [1.54, 1.807) is 12.1 Å². The molecular weight excluding hydrogens is 229 g/mol. The highest BCUT2D eigenvalue weighted by Gasteiger charge is 2.07. The molecule has 0 fully saturated rings. The van der Waals surface area contributed by atoms with Crippen LogP contribution in [0.15, 0.2) is 48.5 Å². The second kappa shape index (κ2) is 5.65. The van der Waals surface area contributed by atoms with E-state index in [2.05, 4.69) is 0 Å². The second-order valence-corrected chi connectivity index (χ2v) is 4.25. The lowest BCUT2D eigenvalue weighted by atomic mass is 10.1. The van der Waals surface area contributed by atoms with Crippen molar-refractivity contribution >= 4 is 0 Å². The fourth-order valence-electron chi connectivity index (χ4n) is 1.65. The molecule has 94 valence electrons. The molecule has 0 aliphatic rings. The van der Waals surface area contributed by atoms with Crippen LogP contribution >= 0.6 is 0 Å². The van der Waals surface area contributed by atoms with Crippen molar-refractivity contribution in [2.75, 3.05) is 0 Å². The Morgan fingerprint density at radius 2 is 1.89 bits per heavy atom. The molecule has 3 heteroatoms. The van der Waals surface area contributed by atoms with Gasteiger partial charge in [-0.15, -0.1) is 0 Å². The average molecular weight is 245 g/mol. The van der Waals surface area contributed by atoms with Gasteiger partial charge in [-0.05, 0) is 30.2 Å². The van der Waals surface area contributed by atoms with Gasteiger partial charge in [0, 0.05) is 6.04 Å². The minimum Gasteiger partial charge on any atom is -0.486 e. The van der Waals surface area contributed by atoms with Gasteiger partial charge in [0.05, 0.1) is 0 Å². The van der Waals surface area contributed by atoms with Crippen molar-refractivity contribution in [3.05, 3.63) is 65.5 Å². The summed E-state index contributed by atoms with van der Waals surface area (Å²) in [6.45, 7) is 2.18. The lowest BCUT2D eigenvalue weighted by molar-refractivity contribution is 0.290. The Morgan fingerprint density at radius 3 is 2.50 bits per heavy atom. The molecule has 0 amide bonds. The first-order chi connectivity index (χ1) is 8.66. The third-order valence-electron chi connectivity index (χ3n) is 2.72. The van der Waals surface area contributed by atoms with E-state index >= 15 is 0 Å². The third kappa shape index (κ3) is 3.08. The monoisotopic (exact) mass is 245 g/mol. The summed E-state index contributed by atoms with van der Waals surface area (Å²) in [6.07, 6.45) is 0. The number of halogens is 1. The number of ether oxygens (including phenoxy) is 1. The topological polar surface area (TPSA) is 35.2 Å². The number of benzene rings is 2. The summed E-state index contributed by atoms with van der Waals surface area (Å²) in [6, 6.07) is 14.3. The Morgan fingerprint density at radius 1 is 1.17 bits per heavy atom. The highest BCUT2D eigenvalue weighted by molar-refractivity contribution is 5.31. The predicted molar refractivity (Wildman–Crippen MR) is 69.8 cm³/mol. The van der Waals surface area contributed by atoms with Crippen LogP contribution in [-0.4, -0.2) is 0 Å². The maximum absolute atomic E-state index is 13.7. The van der Waals surface area contributed by atoms with Gasteiger partial charge in [0.1, 0.15) is 6.61 Å². The van der Waals surface area contributed by atoms with E-state index in [0.717, 1.165) is 11.1 Å². The van der Waals surface area contributed by atoms with Crippen LogP contribution in [0.2, 0.25) is 0 Å². The molecule has 0 saturated heterocycles. The molecule has 0 radical (unpaired) electrons. The van der Waals surface area contributed by atoms with Crippen LogP contribution in [-0.2, 0) is 6.61 Å². The summed E-state index contributed by atoms with van der Waals surface area (Å²) >= 11 is 0. The Labute approximate surface area is 106 Å². The van der Waals surface area contributed by atoms with E-state index in [-0.39, 0.29) is 17.6 Å². The van der Waals surface area contributed by atoms with Crippen molar-refractivity contribution in [1.29, 1.82) is 0 Å². The van der Waals surface area contributed by atoms with Crippen LogP contribution < -0.4 is 10.5 Å². The standard InChI is InChI=1S/C15H16FNO/c1-11(17)13-7-8-15(14(16)9-13)18-10-12-5-3-2-4-6-12/h2-9,11H,10,17H2,1H3/t11-/m1/s1. The van der Waals surface area contributed by atoms with Crippen molar-refractivity contribution in [2.24, 2.45) is 5.73 Å². The van der Waals surface area contributed by atoms with Gasteiger partial charge < -0.3 is 10.5 Å². The summed E-state index contributed by atoms with van der Waals surface area (Å²) in [5.41, 5.74) is 7.46. The summed E-state index contributed by atoms with van der Waals surface area (Å²) in [7, 11) is 0. The van der Waals surface area contributed by atoms with Gasteiger partial charge in [0.2, 0.25) is 0 Å². The van der Waals surface area contributed by atoms with E-state index in [4.69, 9.17) is 10.5 Å². The predicted octanol–water partition coefficient (Wildman–Crippen LogP) is 3.42. The number of nitrogens with two attached hydrogens (primary N) is 1. The van der Waals surface area contributed by atoms with Gasteiger partial charge in [-0.3, -0.25) is 0 Å². The molecule has 2 aromatic carbocycles. The quantitative estimate of drug-likeness (QED) is 0.895. The fourth-order valence-corrected chi connectivity index (χ4v) is 1.65. The third-order valence-corrected chi connectivity index (χ3v) is 2.72. The SMILES string of the molecule is C[C@@H](N)c1ccc(OCc2ccccc2)c(F)c1. The van der Waals surface area contributed by atoms with Crippen molar-refractivity contribution < 1.29 is 9.13 Å². The molecule has 0 saturated carbocycles. The van der Waals surface area contributed by atoms with Crippen molar-refractivity contribution in [3.8, 4) is 5.75 Å². The molecular formula is C15H16FNO. The Bertz CT molecular complexity index is 511. The zero-order chi connectivity index (χ0) is 13.0. The minimum atomic E-state index is -0.374. The maximum atomic E-state index is 13.7. The first kappa shape index (κ1) is 12.6. The van der Waals surface area contributed by atoms with E-state index in [1.807, 2.05) is 37.3 Å². The smallest absolute Gasteiger partial charge is 0.165 e. The van der Waals surface area contributed by atoms with Crippen LogP contribution in [0.1, 0.15) is 24.1 Å². The summed E-state index contributed by atoms with van der Waals surface area (Å²) in [4.78, 5) is 0. The maximum Gasteiger partial charge on any atom is 0.165 e.